The molecule has 0 saturated carbocycles. The summed E-state index contributed by atoms with van der Waals surface area (Å²) in [5, 5.41) is 19.9. The summed E-state index contributed by atoms with van der Waals surface area (Å²) in [6, 6.07) is 4.35. The van der Waals surface area contributed by atoms with Crippen molar-refractivity contribution in [2.24, 2.45) is 5.92 Å². The molecule has 1 heterocycles. The molecule has 0 spiro atoms. The Morgan fingerprint density at radius 2 is 2.10 bits per heavy atom. The molecule has 0 atom stereocenters. The Morgan fingerprint density at radius 1 is 1.45 bits per heavy atom. The highest BCUT2D eigenvalue weighted by atomic mass is 16.6. The number of aromatic carboxylic acids is 1. The molecule has 0 bridgehead atoms. The number of nitrogens with zero attached hydrogens (tertiary/aromatic N) is 2. The van der Waals surface area contributed by atoms with Crippen molar-refractivity contribution in [3.8, 4) is 0 Å². The molecule has 1 aliphatic heterocycles. The third-order valence-electron chi connectivity index (χ3n) is 3.97. The van der Waals surface area contributed by atoms with Crippen LogP contribution in [0.1, 0.15) is 36.5 Å². The number of hydrogen-bond donors (Lipinski definition) is 1. The first kappa shape index (κ1) is 14.3. The van der Waals surface area contributed by atoms with Crippen LogP contribution in [-0.4, -0.2) is 29.1 Å². The van der Waals surface area contributed by atoms with Crippen LogP contribution in [0.15, 0.2) is 18.2 Å². The van der Waals surface area contributed by atoms with Crippen LogP contribution in [0.3, 0.4) is 0 Å². The van der Waals surface area contributed by atoms with E-state index in [9.17, 15) is 14.9 Å². The third kappa shape index (κ3) is 2.89. The number of nitro groups is 1. The van der Waals surface area contributed by atoms with E-state index in [2.05, 4.69) is 11.8 Å². The van der Waals surface area contributed by atoms with Gasteiger partial charge in [0.2, 0.25) is 0 Å². The second-order valence-electron chi connectivity index (χ2n) is 5.10. The maximum Gasteiger partial charge on any atom is 0.342 e. The lowest BCUT2D eigenvalue weighted by atomic mass is 9.94. The molecule has 1 N–H and O–H groups in total. The molecular weight excluding hydrogens is 260 g/mol. The number of carbonyl (C=O) groups is 1. The molecule has 1 aliphatic rings. The lowest BCUT2D eigenvalue weighted by Gasteiger charge is -2.33. The molecule has 1 fully saturated rings. The highest BCUT2D eigenvalue weighted by Crippen LogP contribution is 2.29. The van der Waals surface area contributed by atoms with E-state index in [0.29, 0.717) is 0 Å². The predicted octanol–water partition coefficient (Wildman–Crippen LogP) is 2.92. The number of carboxylic acid groups (broad SMARTS) is 1. The molecule has 6 heteroatoms. The number of rotatable bonds is 4. The molecule has 0 unspecified atom stereocenters. The van der Waals surface area contributed by atoms with Gasteiger partial charge in [-0.25, -0.2) is 4.79 Å². The fraction of sp³-hybridized carbons (Fsp3) is 0.500. The molecule has 2 rings (SSSR count). The van der Waals surface area contributed by atoms with E-state index in [1.165, 1.54) is 12.1 Å². The first-order valence-corrected chi connectivity index (χ1v) is 6.79. The summed E-state index contributed by atoms with van der Waals surface area (Å²) in [6.45, 7) is 3.90. The van der Waals surface area contributed by atoms with Gasteiger partial charge in [-0.3, -0.25) is 10.1 Å². The second kappa shape index (κ2) is 5.90. The van der Waals surface area contributed by atoms with Crippen molar-refractivity contribution in [3.05, 3.63) is 33.9 Å². The topological polar surface area (TPSA) is 83.7 Å². The molecule has 20 heavy (non-hydrogen) atoms. The number of hydrogen-bond acceptors (Lipinski definition) is 4. The van der Waals surface area contributed by atoms with E-state index >= 15 is 0 Å². The lowest BCUT2D eigenvalue weighted by molar-refractivity contribution is -0.385. The minimum absolute atomic E-state index is 0.262. The molecule has 1 aromatic rings. The van der Waals surface area contributed by atoms with Gasteiger partial charge in [-0.1, -0.05) is 13.3 Å². The highest BCUT2D eigenvalue weighted by Gasteiger charge is 2.23. The quantitative estimate of drug-likeness (QED) is 0.676. The summed E-state index contributed by atoms with van der Waals surface area (Å²) >= 11 is 0. The van der Waals surface area contributed by atoms with Crippen molar-refractivity contribution in [1.29, 1.82) is 0 Å². The Bertz CT molecular complexity index is 522. The Hall–Kier alpha value is -2.11. The molecule has 1 saturated heterocycles. The Kier molecular flexibility index (Phi) is 4.22. The van der Waals surface area contributed by atoms with Gasteiger partial charge in [0.1, 0.15) is 5.56 Å². The highest BCUT2D eigenvalue weighted by molar-refractivity contribution is 5.93. The maximum absolute atomic E-state index is 11.0. The minimum Gasteiger partial charge on any atom is -0.477 e. The van der Waals surface area contributed by atoms with Crippen LogP contribution in [0.2, 0.25) is 0 Å². The molecule has 0 aromatic heterocycles. The standard InChI is InChI=1S/C14H18N2O4/c1-2-10-5-7-15(8-6-10)11-3-4-12(14(17)18)13(9-11)16(19)20/h3-4,9-10H,2,5-8H2,1H3,(H,17,18). The Morgan fingerprint density at radius 3 is 2.60 bits per heavy atom. The second-order valence-corrected chi connectivity index (χ2v) is 5.10. The molecule has 108 valence electrons. The number of anilines is 1. The molecule has 6 nitrogen and oxygen atoms in total. The van der Waals surface area contributed by atoms with Crippen LogP contribution < -0.4 is 4.90 Å². The van der Waals surface area contributed by atoms with E-state index in [4.69, 9.17) is 5.11 Å². The lowest BCUT2D eigenvalue weighted by Crippen LogP contribution is -2.33. The monoisotopic (exact) mass is 278 g/mol. The summed E-state index contributed by atoms with van der Waals surface area (Å²) < 4.78 is 0. The molecule has 0 radical (unpaired) electrons. The van der Waals surface area contributed by atoms with Crippen molar-refractivity contribution in [2.75, 3.05) is 18.0 Å². The van der Waals surface area contributed by atoms with Crippen molar-refractivity contribution < 1.29 is 14.8 Å². The van der Waals surface area contributed by atoms with Gasteiger partial charge < -0.3 is 10.0 Å². The number of carboxylic acids is 1. The largest absolute Gasteiger partial charge is 0.477 e. The van der Waals surface area contributed by atoms with Gasteiger partial charge in [0, 0.05) is 24.8 Å². The van der Waals surface area contributed by atoms with Crippen LogP contribution in [0.4, 0.5) is 11.4 Å². The molecule has 0 amide bonds. The van der Waals surface area contributed by atoms with Gasteiger partial charge in [0.05, 0.1) is 4.92 Å². The minimum atomic E-state index is -1.27. The smallest absolute Gasteiger partial charge is 0.342 e. The zero-order chi connectivity index (χ0) is 14.7. The average Bonchev–Trinajstić information content (AvgIpc) is 2.46. The summed E-state index contributed by atoms with van der Waals surface area (Å²) in [4.78, 5) is 23.4. The van der Waals surface area contributed by atoms with Crippen molar-refractivity contribution >= 4 is 17.3 Å². The van der Waals surface area contributed by atoms with Gasteiger partial charge in [0.15, 0.2) is 0 Å². The van der Waals surface area contributed by atoms with E-state index < -0.39 is 10.9 Å². The summed E-state index contributed by atoms with van der Waals surface area (Å²) in [7, 11) is 0. The number of nitro benzene ring substituents is 1. The van der Waals surface area contributed by atoms with Gasteiger partial charge in [-0.15, -0.1) is 0 Å². The van der Waals surface area contributed by atoms with Gasteiger partial charge in [-0.05, 0) is 30.9 Å². The normalized spacial score (nSPS) is 16.1. The van der Waals surface area contributed by atoms with E-state index in [-0.39, 0.29) is 11.3 Å². The van der Waals surface area contributed by atoms with Crippen LogP contribution in [0, 0.1) is 16.0 Å². The van der Waals surface area contributed by atoms with Crippen LogP contribution >= 0.6 is 0 Å². The Balaban J connectivity index is 2.24. The molecular formula is C14H18N2O4. The number of piperidine rings is 1. The Labute approximate surface area is 117 Å². The maximum atomic E-state index is 11.0. The summed E-state index contributed by atoms with van der Waals surface area (Å²) in [6.07, 6.45) is 3.31. The SMILES string of the molecule is CCC1CCN(c2ccc(C(=O)O)c([N+](=O)[O-])c2)CC1. The van der Waals surface area contributed by atoms with E-state index in [1.54, 1.807) is 6.07 Å². The fourth-order valence-corrected chi connectivity index (χ4v) is 2.65. The average molecular weight is 278 g/mol. The van der Waals surface area contributed by atoms with E-state index in [0.717, 1.165) is 44.0 Å². The molecule has 1 aromatic carbocycles. The van der Waals surface area contributed by atoms with Crippen molar-refractivity contribution in [3.63, 3.8) is 0 Å². The van der Waals surface area contributed by atoms with Crippen molar-refractivity contribution in [2.45, 2.75) is 26.2 Å². The van der Waals surface area contributed by atoms with Gasteiger partial charge in [-0.2, -0.15) is 0 Å². The first-order valence-electron chi connectivity index (χ1n) is 6.79. The van der Waals surface area contributed by atoms with Crippen molar-refractivity contribution in [1.82, 2.24) is 0 Å². The van der Waals surface area contributed by atoms with Crippen LogP contribution in [-0.2, 0) is 0 Å². The van der Waals surface area contributed by atoms with Crippen LogP contribution in [0.25, 0.3) is 0 Å². The number of benzene rings is 1. The van der Waals surface area contributed by atoms with Gasteiger partial charge >= 0.3 is 5.97 Å². The van der Waals surface area contributed by atoms with Gasteiger partial charge in [0.25, 0.3) is 5.69 Å². The summed E-state index contributed by atoms with van der Waals surface area (Å²) in [5.74, 6) is -0.549. The summed E-state index contributed by atoms with van der Waals surface area (Å²) in [5.41, 5.74) is 0.131. The predicted molar refractivity (Wildman–Crippen MR) is 75.3 cm³/mol. The van der Waals surface area contributed by atoms with E-state index in [1.807, 2.05) is 0 Å². The third-order valence-corrected chi connectivity index (χ3v) is 3.97. The van der Waals surface area contributed by atoms with Crippen LogP contribution in [0.5, 0.6) is 0 Å². The first-order chi connectivity index (χ1) is 9.52. The zero-order valence-electron chi connectivity index (χ0n) is 11.4. The molecule has 0 aliphatic carbocycles. The zero-order valence-corrected chi connectivity index (χ0v) is 11.4. The fourth-order valence-electron chi connectivity index (χ4n) is 2.65.